The van der Waals surface area contributed by atoms with Crippen LogP contribution in [0, 0.1) is 0 Å². The summed E-state index contributed by atoms with van der Waals surface area (Å²) in [7, 11) is 0. The van der Waals surface area contributed by atoms with Crippen molar-refractivity contribution in [3.63, 3.8) is 0 Å². The Morgan fingerprint density at radius 3 is 2.95 bits per heavy atom. The van der Waals surface area contributed by atoms with Crippen LogP contribution < -0.4 is 10.6 Å². The Morgan fingerprint density at radius 2 is 2.30 bits per heavy atom. The summed E-state index contributed by atoms with van der Waals surface area (Å²) >= 11 is 7.59. The summed E-state index contributed by atoms with van der Waals surface area (Å²) in [4.78, 5) is 13.0. The zero-order valence-corrected chi connectivity index (χ0v) is 13.8. The van der Waals surface area contributed by atoms with Crippen LogP contribution in [0.4, 0.5) is 0 Å². The van der Waals surface area contributed by atoms with E-state index in [9.17, 15) is 4.79 Å². The van der Waals surface area contributed by atoms with Crippen LogP contribution in [-0.4, -0.2) is 30.3 Å². The Morgan fingerprint density at radius 1 is 1.55 bits per heavy atom. The average molecular weight is 335 g/mol. The molecule has 0 spiro atoms. The van der Waals surface area contributed by atoms with E-state index in [1.165, 1.54) is 18.2 Å². The molecule has 1 fully saturated rings. The lowest BCUT2D eigenvalue weighted by Crippen LogP contribution is -2.40. The summed E-state index contributed by atoms with van der Waals surface area (Å²) in [5, 5.41) is 6.93. The molecule has 20 heavy (non-hydrogen) atoms. The first-order chi connectivity index (χ1) is 9.16. The molecule has 2 atom stereocenters. The lowest BCUT2D eigenvalue weighted by Gasteiger charge is -2.15. The van der Waals surface area contributed by atoms with Crippen LogP contribution >= 0.6 is 35.8 Å². The number of carbonyl (C=O) groups excluding carboxylic acids is 1. The standard InChI is InChI=1S/C14H19ClN2OS.ClH/c1-10(19-13-7-3-2-6-12(13)15)14(18)17-9-11-5-4-8-16-11;/h2-3,6-7,10-11,16H,4-5,8-9H2,1H3,(H,17,18);1H. The fourth-order valence-electron chi connectivity index (χ4n) is 2.08. The van der Waals surface area contributed by atoms with E-state index in [1.807, 2.05) is 31.2 Å². The monoisotopic (exact) mass is 334 g/mol. The minimum Gasteiger partial charge on any atom is -0.354 e. The molecule has 1 aliphatic heterocycles. The first-order valence-corrected chi connectivity index (χ1v) is 7.85. The van der Waals surface area contributed by atoms with Gasteiger partial charge in [0.1, 0.15) is 0 Å². The highest BCUT2D eigenvalue weighted by Crippen LogP contribution is 2.29. The Labute approximate surface area is 135 Å². The van der Waals surface area contributed by atoms with Gasteiger partial charge in [-0.1, -0.05) is 23.7 Å². The maximum Gasteiger partial charge on any atom is 0.233 e. The topological polar surface area (TPSA) is 41.1 Å². The second-order valence-electron chi connectivity index (χ2n) is 4.73. The number of benzene rings is 1. The van der Waals surface area contributed by atoms with E-state index >= 15 is 0 Å². The van der Waals surface area contributed by atoms with Crippen molar-refractivity contribution in [3.8, 4) is 0 Å². The van der Waals surface area contributed by atoms with Crippen molar-refractivity contribution in [1.29, 1.82) is 0 Å². The average Bonchev–Trinajstić information content (AvgIpc) is 2.91. The molecule has 0 radical (unpaired) electrons. The SMILES string of the molecule is CC(Sc1ccccc1Cl)C(=O)NCC1CCCN1.Cl. The van der Waals surface area contributed by atoms with Crippen LogP contribution in [0.5, 0.6) is 0 Å². The molecule has 1 aromatic rings. The normalized spacial score (nSPS) is 19.2. The van der Waals surface area contributed by atoms with Crippen molar-refractivity contribution >= 4 is 41.7 Å². The Kier molecular flexibility index (Phi) is 7.74. The van der Waals surface area contributed by atoms with E-state index in [4.69, 9.17) is 11.6 Å². The Bertz CT molecular complexity index is 439. The predicted molar refractivity (Wildman–Crippen MR) is 88.1 cm³/mol. The second kappa shape index (κ2) is 8.78. The van der Waals surface area contributed by atoms with Gasteiger partial charge in [0.25, 0.3) is 0 Å². The van der Waals surface area contributed by atoms with Gasteiger partial charge in [-0.25, -0.2) is 0 Å². The lowest BCUT2D eigenvalue weighted by molar-refractivity contribution is -0.120. The van der Waals surface area contributed by atoms with Crippen molar-refractivity contribution < 1.29 is 4.79 Å². The Balaban J connectivity index is 0.00000200. The highest BCUT2D eigenvalue weighted by Gasteiger charge is 2.18. The molecule has 0 aliphatic carbocycles. The fourth-order valence-corrected chi connectivity index (χ4v) is 3.26. The van der Waals surface area contributed by atoms with Gasteiger partial charge < -0.3 is 10.6 Å². The largest absolute Gasteiger partial charge is 0.354 e. The molecule has 2 rings (SSSR count). The molecule has 1 saturated heterocycles. The minimum absolute atomic E-state index is 0. The number of thioether (sulfide) groups is 1. The zero-order valence-electron chi connectivity index (χ0n) is 11.4. The summed E-state index contributed by atoms with van der Waals surface area (Å²) in [5.74, 6) is 0.0682. The maximum absolute atomic E-state index is 12.0. The number of hydrogen-bond acceptors (Lipinski definition) is 3. The van der Waals surface area contributed by atoms with Crippen LogP contribution in [0.1, 0.15) is 19.8 Å². The van der Waals surface area contributed by atoms with Crippen molar-refractivity contribution in [2.45, 2.75) is 36.0 Å². The van der Waals surface area contributed by atoms with Gasteiger partial charge in [0.2, 0.25) is 5.91 Å². The van der Waals surface area contributed by atoms with Gasteiger partial charge in [-0.3, -0.25) is 4.79 Å². The molecule has 2 unspecified atom stereocenters. The molecule has 0 aromatic heterocycles. The number of hydrogen-bond donors (Lipinski definition) is 2. The van der Waals surface area contributed by atoms with E-state index in [2.05, 4.69) is 10.6 Å². The van der Waals surface area contributed by atoms with Gasteiger partial charge >= 0.3 is 0 Å². The summed E-state index contributed by atoms with van der Waals surface area (Å²) < 4.78 is 0. The second-order valence-corrected chi connectivity index (χ2v) is 6.52. The number of rotatable bonds is 5. The fraction of sp³-hybridized carbons (Fsp3) is 0.500. The van der Waals surface area contributed by atoms with Crippen LogP contribution in [0.3, 0.4) is 0 Å². The molecule has 0 bridgehead atoms. The smallest absolute Gasteiger partial charge is 0.233 e. The molecule has 6 heteroatoms. The molecule has 112 valence electrons. The number of nitrogens with one attached hydrogen (secondary N) is 2. The summed E-state index contributed by atoms with van der Waals surface area (Å²) in [6, 6.07) is 8.04. The van der Waals surface area contributed by atoms with Gasteiger partial charge in [-0.2, -0.15) is 0 Å². The van der Waals surface area contributed by atoms with E-state index in [0.717, 1.165) is 17.9 Å². The molecule has 1 aromatic carbocycles. The highest BCUT2D eigenvalue weighted by atomic mass is 35.5. The third-order valence-corrected chi connectivity index (χ3v) is 4.81. The van der Waals surface area contributed by atoms with E-state index in [1.54, 1.807) is 0 Å². The van der Waals surface area contributed by atoms with E-state index in [0.29, 0.717) is 17.6 Å². The zero-order chi connectivity index (χ0) is 13.7. The third kappa shape index (κ3) is 5.17. The summed E-state index contributed by atoms with van der Waals surface area (Å²) in [6.07, 6.45) is 2.34. The number of halogens is 2. The molecule has 1 aliphatic rings. The maximum atomic E-state index is 12.0. The Hall–Kier alpha value is -0.420. The van der Waals surface area contributed by atoms with E-state index < -0.39 is 0 Å². The summed E-state index contributed by atoms with van der Waals surface area (Å²) in [5.41, 5.74) is 0. The van der Waals surface area contributed by atoms with Crippen molar-refractivity contribution in [2.24, 2.45) is 0 Å². The third-order valence-electron chi connectivity index (χ3n) is 3.19. The predicted octanol–water partition coefficient (Wildman–Crippen LogP) is 3.11. The van der Waals surface area contributed by atoms with Crippen molar-refractivity contribution in [3.05, 3.63) is 29.3 Å². The van der Waals surface area contributed by atoms with Crippen LogP contribution in [0.15, 0.2) is 29.2 Å². The molecule has 2 N–H and O–H groups in total. The van der Waals surface area contributed by atoms with Crippen LogP contribution in [-0.2, 0) is 4.79 Å². The molecule has 1 heterocycles. The van der Waals surface area contributed by atoms with Gasteiger partial charge in [0.05, 0.1) is 10.3 Å². The highest BCUT2D eigenvalue weighted by molar-refractivity contribution is 8.00. The quantitative estimate of drug-likeness (QED) is 0.813. The van der Waals surface area contributed by atoms with Gasteiger partial charge in [-0.05, 0) is 38.4 Å². The van der Waals surface area contributed by atoms with Gasteiger partial charge in [0, 0.05) is 17.5 Å². The summed E-state index contributed by atoms with van der Waals surface area (Å²) in [6.45, 7) is 3.68. The van der Waals surface area contributed by atoms with Gasteiger partial charge in [0.15, 0.2) is 0 Å². The van der Waals surface area contributed by atoms with E-state index in [-0.39, 0.29) is 23.6 Å². The van der Waals surface area contributed by atoms with Gasteiger partial charge in [-0.15, -0.1) is 24.2 Å². The van der Waals surface area contributed by atoms with Crippen LogP contribution in [0.25, 0.3) is 0 Å². The first kappa shape index (κ1) is 17.6. The van der Waals surface area contributed by atoms with Crippen molar-refractivity contribution in [1.82, 2.24) is 10.6 Å². The molecule has 0 saturated carbocycles. The number of amides is 1. The molecular formula is C14H20Cl2N2OS. The minimum atomic E-state index is -0.138. The molecular weight excluding hydrogens is 315 g/mol. The molecule has 3 nitrogen and oxygen atoms in total. The van der Waals surface area contributed by atoms with Crippen molar-refractivity contribution in [2.75, 3.05) is 13.1 Å². The first-order valence-electron chi connectivity index (χ1n) is 6.59. The van der Waals surface area contributed by atoms with Crippen LogP contribution in [0.2, 0.25) is 5.02 Å². The lowest BCUT2D eigenvalue weighted by atomic mass is 10.2. The molecule has 1 amide bonds. The number of carbonyl (C=O) groups is 1.